The van der Waals surface area contributed by atoms with Crippen LogP contribution in [0.5, 0.6) is 0 Å². The summed E-state index contributed by atoms with van der Waals surface area (Å²) in [5.74, 6) is 0. The fraction of sp³-hybridized carbons (Fsp3) is 0.478. The molecule has 2 saturated heterocycles. The number of anilines is 1. The summed E-state index contributed by atoms with van der Waals surface area (Å²) in [6.45, 7) is 5.78. The molecule has 0 saturated carbocycles. The molecule has 1 spiro atoms. The Bertz CT molecular complexity index is 839. The minimum absolute atomic E-state index is 0.112. The molecule has 0 aliphatic carbocycles. The number of benzene rings is 1. The first-order valence-electron chi connectivity index (χ1n) is 10.5. The maximum atomic E-state index is 13.2. The van der Waals surface area contributed by atoms with Crippen LogP contribution in [0, 0.1) is 0 Å². The van der Waals surface area contributed by atoms with Crippen molar-refractivity contribution in [1.29, 1.82) is 0 Å². The molecule has 0 radical (unpaired) electrons. The summed E-state index contributed by atoms with van der Waals surface area (Å²) in [5, 5.41) is 0. The van der Waals surface area contributed by atoms with Crippen LogP contribution >= 0.6 is 0 Å². The third-order valence-electron chi connectivity index (χ3n) is 6.80. The van der Waals surface area contributed by atoms with E-state index in [0.717, 1.165) is 70.6 Å². The summed E-state index contributed by atoms with van der Waals surface area (Å²) >= 11 is 0. The predicted molar refractivity (Wildman–Crippen MR) is 110 cm³/mol. The second-order valence-electron chi connectivity index (χ2n) is 8.49. The van der Waals surface area contributed by atoms with Crippen molar-refractivity contribution in [3.8, 4) is 0 Å². The Balaban J connectivity index is 1.34. The van der Waals surface area contributed by atoms with E-state index in [2.05, 4.69) is 51.2 Å². The number of carbonyl (C=O) groups excluding carboxylic acids is 1. The Hall–Kier alpha value is -2.40. The molecule has 28 heavy (non-hydrogen) atoms. The summed E-state index contributed by atoms with van der Waals surface area (Å²) in [4.78, 5) is 23.9. The largest absolute Gasteiger partial charge is 0.324 e. The molecule has 2 amide bonds. The first-order chi connectivity index (χ1) is 13.8. The van der Waals surface area contributed by atoms with E-state index in [0.29, 0.717) is 0 Å². The van der Waals surface area contributed by atoms with Gasteiger partial charge in [-0.15, -0.1) is 0 Å². The third-order valence-corrected chi connectivity index (χ3v) is 6.80. The number of hydrogen-bond donors (Lipinski definition) is 0. The molecule has 5 nitrogen and oxygen atoms in total. The van der Waals surface area contributed by atoms with Crippen molar-refractivity contribution >= 4 is 11.7 Å². The second kappa shape index (κ2) is 7.21. The maximum Gasteiger partial charge on any atom is 0.324 e. The number of nitrogens with zero attached hydrogens (tertiary/aromatic N) is 4. The number of likely N-dealkylation sites (tertiary alicyclic amines) is 2. The summed E-state index contributed by atoms with van der Waals surface area (Å²) in [7, 11) is 0. The van der Waals surface area contributed by atoms with Crippen LogP contribution < -0.4 is 4.90 Å². The lowest BCUT2D eigenvalue weighted by Gasteiger charge is -2.40. The lowest BCUT2D eigenvalue weighted by Crippen LogP contribution is -2.48. The molecule has 0 N–H and O–H groups in total. The normalized spacial score (nSPS) is 21.3. The lowest BCUT2D eigenvalue weighted by atomic mass is 9.74. The highest BCUT2D eigenvalue weighted by molar-refractivity contribution is 5.95. The van der Waals surface area contributed by atoms with Crippen LogP contribution in [0.4, 0.5) is 10.5 Å². The fourth-order valence-corrected chi connectivity index (χ4v) is 5.19. The molecule has 146 valence electrons. The highest BCUT2D eigenvalue weighted by Crippen LogP contribution is 2.47. The first kappa shape index (κ1) is 17.7. The van der Waals surface area contributed by atoms with E-state index in [-0.39, 0.29) is 11.4 Å². The van der Waals surface area contributed by atoms with Gasteiger partial charge in [-0.2, -0.15) is 0 Å². The van der Waals surface area contributed by atoms with Crippen LogP contribution in [0.25, 0.3) is 0 Å². The lowest BCUT2D eigenvalue weighted by molar-refractivity contribution is 0.158. The number of pyridine rings is 1. The molecule has 2 aromatic rings. The molecule has 0 unspecified atom stereocenters. The van der Waals surface area contributed by atoms with Gasteiger partial charge in [-0.05, 0) is 68.1 Å². The van der Waals surface area contributed by atoms with E-state index >= 15 is 0 Å². The molecule has 5 rings (SSSR count). The van der Waals surface area contributed by atoms with Crippen LogP contribution in [0.3, 0.4) is 0 Å². The number of piperidine rings is 1. The van der Waals surface area contributed by atoms with Crippen molar-refractivity contribution in [2.75, 3.05) is 37.6 Å². The van der Waals surface area contributed by atoms with E-state index in [1.54, 1.807) is 0 Å². The van der Waals surface area contributed by atoms with Gasteiger partial charge in [-0.25, -0.2) is 4.79 Å². The van der Waals surface area contributed by atoms with Gasteiger partial charge < -0.3 is 4.90 Å². The van der Waals surface area contributed by atoms with Crippen molar-refractivity contribution in [1.82, 2.24) is 14.8 Å². The van der Waals surface area contributed by atoms with E-state index in [1.807, 2.05) is 17.3 Å². The molecule has 2 fully saturated rings. The van der Waals surface area contributed by atoms with Crippen LogP contribution in [-0.2, 0) is 12.0 Å². The van der Waals surface area contributed by atoms with Crippen molar-refractivity contribution in [2.45, 2.75) is 37.6 Å². The molecule has 1 aromatic heterocycles. The smallest absolute Gasteiger partial charge is 0.324 e. The van der Waals surface area contributed by atoms with Gasteiger partial charge in [0, 0.05) is 49.7 Å². The van der Waals surface area contributed by atoms with Crippen molar-refractivity contribution in [3.05, 3.63) is 59.9 Å². The third kappa shape index (κ3) is 3.08. The van der Waals surface area contributed by atoms with Gasteiger partial charge in [-0.1, -0.05) is 18.2 Å². The number of fused-ring (bicyclic) bond motifs is 2. The van der Waals surface area contributed by atoms with Crippen LogP contribution in [-0.4, -0.2) is 53.5 Å². The van der Waals surface area contributed by atoms with E-state index in [1.165, 1.54) is 11.1 Å². The van der Waals surface area contributed by atoms with E-state index < -0.39 is 0 Å². The molecule has 3 aliphatic heterocycles. The summed E-state index contributed by atoms with van der Waals surface area (Å²) < 4.78 is 0. The summed E-state index contributed by atoms with van der Waals surface area (Å²) in [5.41, 5.74) is 3.96. The average molecular weight is 377 g/mol. The number of hydrogen-bond acceptors (Lipinski definition) is 3. The molecule has 0 bridgehead atoms. The zero-order chi connectivity index (χ0) is 19.0. The minimum atomic E-state index is 0.112. The zero-order valence-corrected chi connectivity index (χ0v) is 16.4. The highest BCUT2D eigenvalue weighted by atomic mass is 16.2. The monoisotopic (exact) mass is 376 g/mol. The number of para-hydroxylation sites is 1. The Morgan fingerprint density at radius 1 is 0.964 bits per heavy atom. The molecular weight excluding hydrogens is 348 g/mol. The molecule has 4 heterocycles. The fourth-order valence-electron chi connectivity index (χ4n) is 5.19. The standard InChI is InChI=1S/C23H28N4O/c28-22(26-13-3-4-14-26)27-18-23(20-5-1-2-6-21(20)27)9-15-25(16-10-23)17-19-7-11-24-12-8-19/h1-2,5-8,11-12H,3-4,9-10,13-18H2. The Labute approximate surface area is 167 Å². The van der Waals surface area contributed by atoms with Gasteiger partial charge in [0.25, 0.3) is 0 Å². The van der Waals surface area contributed by atoms with Crippen LogP contribution in [0.15, 0.2) is 48.8 Å². The van der Waals surface area contributed by atoms with E-state index in [9.17, 15) is 4.79 Å². The Kier molecular flexibility index (Phi) is 4.55. The van der Waals surface area contributed by atoms with Crippen molar-refractivity contribution in [3.63, 3.8) is 0 Å². The maximum absolute atomic E-state index is 13.2. The van der Waals surface area contributed by atoms with Gasteiger partial charge >= 0.3 is 6.03 Å². The molecule has 5 heteroatoms. The number of aromatic nitrogens is 1. The van der Waals surface area contributed by atoms with Gasteiger partial charge in [0.1, 0.15) is 0 Å². The average Bonchev–Trinajstić information content (AvgIpc) is 3.38. The van der Waals surface area contributed by atoms with E-state index in [4.69, 9.17) is 0 Å². The summed E-state index contributed by atoms with van der Waals surface area (Å²) in [6, 6.07) is 13.0. The Morgan fingerprint density at radius 2 is 1.68 bits per heavy atom. The van der Waals surface area contributed by atoms with Gasteiger partial charge in [0.05, 0.1) is 0 Å². The van der Waals surface area contributed by atoms with Gasteiger partial charge in [-0.3, -0.25) is 14.8 Å². The second-order valence-corrected chi connectivity index (χ2v) is 8.49. The topological polar surface area (TPSA) is 39.7 Å². The predicted octanol–water partition coefficient (Wildman–Crippen LogP) is 3.65. The number of carbonyl (C=O) groups is 1. The first-order valence-corrected chi connectivity index (χ1v) is 10.5. The van der Waals surface area contributed by atoms with Crippen LogP contribution in [0.2, 0.25) is 0 Å². The molecule has 1 aromatic carbocycles. The quantitative estimate of drug-likeness (QED) is 0.803. The highest BCUT2D eigenvalue weighted by Gasteiger charge is 2.47. The Morgan fingerprint density at radius 3 is 2.43 bits per heavy atom. The van der Waals surface area contributed by atoms with Gasteiger partial charge in [0.15, 0.2) is 0 Å². The van der Waals surface area contributed by atoms with Crippen LogP contribution in [0.1, 0.15) is 36.8 Å². The molecule has 0 atom stereocenters. The SMILES string of the molecule is O=C(N1CCCC1)N1CC2(CCN(Cc3ccncc3)CC2)c2ccccc21. The van der Waals surface area contributed by atoms with Crippen molar-refractivity contribution < 1.29 is 4.79 Å². The molecular formula is C23H28N4O. The van der Waals surface area contributed by atoms with Gasteiger partial charge in [0.2, 0.25) is 0 Å². The molecule has 3 aliphatic rings. The van der Waals surface area contributed by atoms with Crippen molar-refractivity contribution in [2.24, 2.45) is 0 Å². The zero-order valence-electron chi connectivity index (χ0n) is 16.4. The number of rotatable bonds is 2. The number of amides is 2. The minimum Gasteiger partial charge on any atom is -0.324 e. The number of urea groups is 1. The summed E-state index contributed by atoms with van der Waals surface area (Å²) in [6.07, 6.45) is 8.23.